The number of aromatic nitrogens is 1. The zero-order chi connectivity index (χ0) is 14.0. The molecule has 0 aliphatic heterocycles. The van der Waals surface area contributed by atoms with Gasteiger partial charge in [0.2, 0.25) is 0 Å². The number of halogens is 1. The summed E-state index contributed by atoms with van der Waals surface area (Å²) in [5, 5.41) is 15.3. The third-order valence-electron chi connectivity index (χ3n) is 2.55. The van der Waals surface area contributed by atoms with Gasteiger partial charge in [-0.25, -0.2) is 4.98 Å². The van der Waals surface area contributed by atoms with E-state index in [9.17, 15) is 9.90 Å². The Hall–Kier alpha value is -1.59. The van der Waals surface area contributed by atoms with Gasteiger partial charge in [-0.2, -0.15) is 0 Å². The van der Waals surface area contributed by atoms with Crippen LogP contribution in [0.15, 0.2) is 23.6 Å². The molecule has 1 aromatic carbocycles. The van der Waals surface area contributed by atoms with E-state index in [1.54, 1.807) is 0 Å². The van der Waals surface area contributed by atoms with Gasteiger partial charge < -0.3 is 10.4 Å². The van der Waals surface area contributed by atoms with Crippen LogP contribution in [0.1, 0.15) is 34.0 Å². The molecule has 0 bridgehead atoms. The molecule has 4 nitrogen and oxygen atoms in total. The van der Waals surface area contributed by atoms with Crippen LogP contribution in [0.2, 0.25) is 5.02 Å². The summed E-state index contributed by atoms with van der Waals surface area (Å²) in [6, 6.07) is 4.07. The van der Waals surface area contributed by atoms with Gasteiger partial charge in [0.1, 0.15) is 10.8 Å². The van der Waals surface area contributed by atoms with E-state index in [0.29, 0.717) is 5.02 Å². The molecule has 100 valence electrons. The maximum atomic E-state index is 12.1. The average Bonchev–Trinajstić information content (AvgIpc) is 2.79. The number of carbonyl (C=O) groups excluding carboxylic acids is 1. The van der Waals surface area contributed by atoms with Crippen molar-refractivity contribution in [2.45, 2.75) is 19.9 Å². The molecule has 0 saturated heterocycles. The molecule has 0 radical (unpaired) electrons. The molecule has 1 heterocycles. The van der Waals surface area contributed by atoms with Crippen molar-refractivity contribution in [3.63, 3.8) is 0 Å². The van der Waals surface area contributed by atoms with Gasteiger partial charge in [-0.05, 0) is 32.0 Å². The summed E-state index contributed by atoms with van der Waals surface area (Å²) in [4.78, 5) is 16.4. The van der Waals surface area contributed by atoms with Gasteiger partial charge in [-0.1, -0.05) is 11.6 Å². The summed E-state index contributed by atoms with van der Waals surface area (Å²) < 4.78 is 0. The molecule has 19 heavy (non-hydrogen) atoms. The molecule has 1 amide bonds. The summed E-state index contributed by atoms with van der Waals surface area (Å²) in [6.45, 7) is 3.76. The number of rotatable bonds is 3. The van der Waals surface area contributed by atoms with Crippen molar-refractivity contribution in [1.82, 2.24) is 10.3 Å². The SMILES string of the molecule is Cc1csc(C(C)NC(=O)c2cc(O)ccc2Cl)n1. The lowest BCUT2D eigenvalue weighted by molar-refractivity contribution is 0.0939. The Balaban J connectivity index is 2.15. The monoisotopic (exact) mass is 296 g/mol. The van der Waals surface area contributed by atoms with E-state index in [4.69, 9.17) is 11.6 Å². The molecule has 2 rings (SSSR count). The van der Waals surface area contributed by atoms with Gasteiger partial charge in [0.25, 0.3) is 5.91 Å². The van der Waals surface area contributed by atoms with Crippen LogP contribution in [0.4, 0.5) is 0 Å². The Morgan fingerprint density at radius 1 is 1.53 bits per heavy atom. The van der Waals surface area contributed by atoms with Crippen molar-refractivity contribution < 1.29 is 9.90 Å². The Bertz CT molecular complexity index is 612. The molecule has 1 unspecified atom stereocenters. The molecule has 2 N–H and O–H groups in total. The number of nitrogens with zero attached hydrogens (tertiary/aromatic N) is 1. The molecule has 0 fully saturated rings. The number of thiazole rings is 1. The van der Waals surface area contributed by atoms with Crippen LogP contribution in [0.25, 0.3) is 0 Å². The predicted molar refractivity (Wildman–Crippen MR) is 75.8 cm³/mol. The van der Waals surface area contributed by atoms with E-state index in [0.717, 1.165) is 10.7 Å². The van der Waals surface area contributed by atoms with Gasteiger partial charge in [0.05, 0.1) is 16.6 Å². The third-order valence-corrected chi connectivity index (χ3v) is 4.02. The maximum absolute atomic E-state index is 12.1. The lowest BCUT2D eigenvalue weighted by Crippen LogP contribution is -2.26. The number of aromatic hydroxyl groups is 1. The lowest BCUT2D eigenvalue weighted by Gasteiger charge is -2.12. The van der Waals surface area contributed by atoms with E-state index in [1.807, 2.05) is 19.2 Å². The minimum Gasteiger partial charge on any atom is -0.508 e. The van der Waals surface area contributed by atoms with Gasteiger partial charge in [0, 0.05) is 11.1 Å². The summed E-state index contributed by atoms with van der Waals surface area (Å²) in [7, 11) is 0. The number of phenolic OH excluding ortho intramolecular Hbond substituents is 1. The first kappa shape index (κ1) is 13.8. The van der Waals surface area contributed by atoms with E-state index < -0.39 is 0 Å². The van der Waals surface area contributed by atoms with Crippen molar-refractivity contribution in [2.24, 2.45) is 0 Å². The van der Waals surface area contributed by atoms with Gasteiger partial charge in [-0.15, -0.1) is 11.3 Å². The minimum absolute atomic E-state index is 0.00676. The van der Waals surface area contributed by atoms with Crippen LogP contribution in [-0.2, 0) is 0 Å². The molecule has 0 aliphatic rings. The molecule has 0 aliphatic carbocycles. The number of hydrogen-bond acceptors (Lipinski definition) is 4. The standard InChI is InChI=1S/C13H13ClN2O2S/c1-7-6-19-13(15-7)8(2)16-12(18)10-5-9(17)3-4-11(10)14/h3-6,8,17H,1-2H3,(H,16,18). The highest BCUT2D eigenvalue weighted by atomic mass is 35.5. The lowest BCUT2D eigenvalue weighted by atomic mass is 10.2. The minimum atomic E-state index is -0.332. The zero-order valence-electron chi connectivity index (χ0n) is 10.5. The number of hydrogen-bond donors (Lipinski definition) is 2. The number of amides is 1. The zero-order valence-corrected chi connectivity index (χ0v) is 12.0. The van der Waals surface area contributed by atoms with Crippen molar-refractivity contribution >= 4 is 28.8 Å². The second-order valence-electron chi connectivity index (χ2n) is 4.19. The summed E-state index contributed by atoms with van der Waals surface area (Å²) in [6.07, 6.45) is 0. The number of aryl methyl sites for hydroxylation is 1. The Labute approximate surface area is 120 Å². The van der Waals surface area contributed by atoms with E-state index in [-0.39, 0.29) is 23.3 Å². The summed E-state index contributed by atoms with van der Waals surface area (Å²) >= 11 is 7.43. The summed E-state index contributed by atoms with van der Waals surface area (Å²) in [5.74, 6) is -0.325. The molecular weight excluding hydrogens is 284 g/mol. The van der Waals surface area contributed by atoms with Crippen LogP contribution in [0.3, 0.4) is 0 Å². The van der Waals surface area contributed by atoms with Crippen LogP contribution in [0, 0.1) is 6.92 Å². The molecule has 1 aromatic heterocycles. The smallest absolute Gasteiger partial charge is 0.253 e. The first-order valence-corrected chi connectivity index (χ1v) is 6.94. The first-order valence-electron chi connectivity index (χ1n) is 5.69. The normalized spacial score (nSPS) is 12.2. The maximum Gasteiger partial charge on any atom is 0.253 e. The first-order chi connectivity index (χ1) is 8.97. The van der Waals surface area contributed by atoms with E-state index in [2.05, 4.69) is 10.3 Å². The quantitative estimate of drug-likeness (QED) is 0.913. The largest absolute Gasteiger partial charge is 0.508 e. The number of carbonyl (C=O) groups is 1. The molecule has 6 heteroatoms. The van der Waals surface area contributed by atoms with Crippen molar-refractivity contribution in [3.8, 4) is 5.75 Å². The van der Waals surface area contributed by atoms with Crippen LogP contribution in [-0.4, -0.2) is 16.0 Å². The van der Waals surface area contributed by atoms with Crippen molar-refractivity contribution in [3.05, 3.63) is 44.9 Å². The molecule has 2 aromatic rings. The fourth-order valence-electron chi connectivity index (χ4n) is 1.59. The number of nitrogens with one attached hydrogen (secondary N) is 1. The van der Waals surface area contributed by atoms with Crippen molar-refractivity contribution in [1.29, 1.82) is 0 Å². The highest BCUT2D eigenvalue weighted by Crippen LogP contribution is 2.23. The molecule has 1 atom stereocenters. The highest BCUT2D eigenvalue weighted by Gasteiger charge is 2.16. The fraction of sp³-hybridized carbons (Fsp3) is 0.231. The van der Waals surface area contributed by atoms with Crippen LogP contribution < -0.4 is 5.32 Å². The Morgan fingerprint density at radius 2 is 2.26 bits per heavy atom. The highest BCUT2D eigenvalue weighted by molar-refractivity contribution is 7.09. The van der Waals surface area contributed by atoms with E-state index >= 15 is 0 Å². The molecule has 0 saturated carbocycles. The average molecular weight is 297 g/mol. The summed E-state index contributed by atoms with van der Waals surface area (Å²) in [5.41, 5.74) is 1.18. The fourth-order valence-corrected chi connectivity index (χ4v) is 2.60. The molecule has 0 spiro atoms. The molecular formula is C13H13ClN2O2S. The number of benzene rings is 1. The van der Waals surface area contributed by atoms with Crippen LogP contribution >= 0.6 is 22.9 Å². The van der Waals surface area contributed by atoms with Crippen LogP contribution in [0.5, 0.6) is 5.75 Å². The second-order valence-corrected chi connectivity index (χ2v) is 5.48. The van der Waals surface area contributed by atoms with E-state index in [1.165, 1.54) is 29.5 Å². The van der Waals surface area contributed by atoms with Crippen molar-refractivity contribution in [2.75, 3.05) is 0 Å². The van der Waals surface area contributed by atoms with Gasteiger partial charge in [-0.3, -0.25) is 4.79 Å². The Kier molecular flexibility index (Phi) is 4.07. The number of phenols is 1. The van der Waals surface area contributed by atoms with Gasteiger partial charge in [0.15, 0.2) is 0 Å². The van der Waals surface area contributed by atoms with Gasteiger partial charge >= 0.3 is 0 Å². The third kappa shape index (κ3) is 3.24. The second kappa shape index (κ2) is 5.59. The Morgan fingerprint density at radius 3 is 2.89 bits per heavy atom. The predicted octanol–water partition coefficient (Wildman–Crippen LogP) is 3.30. The topological polar surface area (TPSA) is 62.2 Å².